The molecular weight excluding hydrogens is 248 g/mol. The maximum atomic E-state index is 11.9. The number of fused-ring (bicyclic) bond motifs is 1. The Hall–Kier alpha value is -1.23. The average molecular weight is 269 g/mol. The molecule has 0 atom stereocenters. The molecule has 2 rings (SSSR count). The van der Waals surface area contributed by atoms with Crippen molar-refractivity contribution in [2.75, 3.05) is 25.0 Å². The first kappa shape index (κ1) is 14.2. The first-order valence-corrected chi connectivity index (χ1v) is 6.97. The molecule has 0 radical (unpaired) electrons. The van der Waals surface area contributed by atoms with Gasteiger partial charge in [0.1, 0.15) is 5.82 Å². The maximum Gasteiger partial charge on any atom is 0.250 e. The molecule has 0 aliphatic carbocycles. The molecule has 0 fully saturated rings. The van der Waals surface area contributed by atoms with Gasteiger partial charge in [-0.05, 0) is 50.3 Å². The summed E-state index contributed by atoms with van der Waals surface area (Å²) in [5.74, 6) is 1.03. The van der Waals surface area contributed by atoms with E-state index in [2.05, 4.69) is 27.8 Å². The van der Waals surface area contributed by atoms with E-state index in [1.54, 1.807) is 0 Å². The van der Waals surface area contributed by atoms with E-state index >= 15 is 0 Å². The summed E-state index contributed by atoms with van der Waals surface area (Å²) in [5, 5.41) is 6.06. The summed E-state index contributed by atoms with van der Waals surface area (Å²) < 4.78 is 23.8. The van der Waals surface area contributed by atoms with Crippen LogP contribution in [-0.2, 0) is 12.8 Å². The van der Waals surface area contributed by atoms with Crippen LogP contribution in [0.3, 0.4) is 0 Å². The number of nitrogens with one attached hydrogen (secondary N) is 2. The van der Waals surface area contributed by atoms with Crippen molar-refractivity contribution in [1.82, 2.24) is 10.3 Å². The molecule has 0 saturated carbocycles. The van der Waals surface area contributed by atoms with E-state index in [9.17, 15) is 8.78 Å². The van der Waals surface area contributed by atoms with Gasteiger partial charge in [-0.15, -0.1) is 0 Å². The third-order valence-electron chi connectivity index (χ3n) is 3.29. The van der Waals surface area contributed by atoms with Crippen molar-refractivity contribution >= 4 is 5.82 Å². The van der Waals surface area contributed by atoms with Crippen molar-refractivity contribution in [2.24, 2.45) is 0 Å². The summed E-state index contributed by atoms with van der Waals surface area (Å²) in [7, 11) is 0. The Kier molecular flexibility index (Phi) is 5.51. The van der Waals surface area contributed by atoms with Crippen molar-refractivity contribution in [3.05, 3.63) is 23.4 Å². The molecule has 19 heavy (non-hydrogen) atoms. The van der Waals surface area contributed by atoms with Gasteiger partial charge in [-0.3, -0.25) is 0 Å². The monoisotopic (exact) mass is 269 g/mol. The van der Waals surface area contributed by atoms with Crippen LogP contribution in [0.4, 0.5) is 14.6 Å². The molecule has 0 spiro atoms. The maximum absolute atomic E-state index is 11.9. The topological polar surface area (TPSA) is 37.0 Å². The van der Waals surface area contributed by atoms with Crippen LogP contribution in [0.5, 0.6) is 0 Å². The van der Waals surface area contributed by atoms with Gasteiger partial charge in [0.15, 0.2) is 0 Å². The first-order chi connectivity index (χ1) is 9.25. The minimum Gasteiger partial charge on any atom is -0.370 e. The molecule has 1 aliphatic heterocycles. The van der Waals surface area contributed by atoms with Crippen LogP contribution in [-0.4, -0.2) is 31.0 Å². The number of anilines is 1. The molecule has 1 aromatic heterocycles. The predicted molar refractivity (Wildman–Crippen MR) is 72.9 cm³/mol. The second-order valence-electron chi connectivity index (χ2n) is 4.89. The molecule has 5 heteroatoms. The Morgan fingerprint density at radius 3 is 3.05 bits per heavy atom. The number of aryl methyl sites for hydroxylation is 2. The molecule has 1 aliphatic rings. The molecule has 0 saturated heterocycles. The number of rotatable bonds is 7. The van der Waals surface area contributed by atoms with Gasteiger partial charge in [-0.1, -0.05) is 6.07 Å². The number of aromatic nitrogens is 1. The Bertz CT molecular complexity index is 396. The van der Waals surface area contributed by atoms with Gasteiger partial charge < -0.3 is 10.6 Å². The van der Waals surface area contributed by atoms with Crippen molar-refractivity contribution < 1.29 is 8.78 Å². The molecule has 0 unspecified atom stereocenters. The fourth-order valence-electron chi connectivity index (χ4n) is 2.28. The molecule has 106 valence electrons. The standard InChI is InChI=1S/C14H21F2N3/c15-13(16)10-17-8-2-1-5-12-7-6-11-4-3-9-18-14(11)19-12/h6-7,13,17H,1-5,8-10H2,(H,18,19). The van der Waals surface area contributed by atoms with Crippen molar-refractivity contribution in [1.29, 1.82) is 0 Å². The van der Waals surface area contributed by atoms with Crippen LogP contribution in [0, 0.1) is 0 Å². The van der Waals surface area contributed by atoms with E-state index in [4.69, 9.17) is 0 Å². The molecule has 2 N–H and O–H groups in total. The zero-order valence-corrected chi connectivity index (χ0v) is 11.1. The third-order valence-corrected chi connectivity index (χ3v) is 3.29. The highest BCUT2D eigenvalue weighted by molar-refractivity contribution is 5.46. The number of unbranched alkanes of at least 4 members (excludes halogenated alkanes) is 1. The summed E-state index contributed by atoms with van der Waals surface area (Å²) in [6.45, 7) is 1.44. The Balaban J connectivity index is 1.68. The second-order valence-corrected chi connectivity index (χ2v) is 4.89. The minimum atomic E-state index is -2.26. The minimum absolute atomic E-state index is 0.207. The summed E-state index contributed by atoms with van der Waals surface area (Å²) in [5.41, 5.74) is 2.38. The van der Waals surface area contributed by atoms with Crippen LogP contribution in [0.2, 0.25) is 0 Å². The quantitative estimate of drug-likeness (QED) is 0.747. The second kappa shape index (κ2) is 7.38. The first-order valence-electron chi connectivity index (χ1n) is 6.97. The molecule has 0 bridgehead atoms. The highest BCUT2D eigenvalue weighted by Crippen LogP contribution is 2.20. The Morgan fingerprint density at radius 2 is 2.21 bits per heavy atom. The smallest absolute Gasteiger partial charge is 0.250 e. The lowest BCUT2D eigenvalue weighted by Gasteiger charge is -2.17. The number of hydrogen-bond acceptors (Lipinski definition) is 3. The fraction of sp³-hybridized carbons (Fsp3) is 0.643. The van der Waals surface area contributed by atoms with Gasteiger partial charge in [0.05, 0.1) is 6.54 Å². The van der Waals surface area contributed by atoms with Crippen molar-refractivity contribution in [3.63, 3.8) is 0 Å². The highest BCUT2D eigenvalue weighted by Gasteiger charge is 2.09. The molecule has 0 aromatic carbocycles. The van der Waals surface area contributed by atoms with Gasteiger partial charge in [0, 0.05) is 12.2 Å². The number of alkyl halides is 2. The van der Waals surface area contributed by atoms with E-state index in [0.29, 0.717) is 6.54 Å². The van der Waals surface area contributed by atoms with Crippen LogP contribution in [0.25, 0.3) is 0 Å². The summed E-state index contributed by atoms with van der Waals surface area (Å²) >= 11 is 0. The lowest BCUT2D eigenvalue weighted by atomic mass is 10.1. The lowest BCUT2D eigenvalue weighted by molar-refractivity contribution is 0.146. The Labute approximate surface area is 112 Å². The van der Waals surface area contributed by atoms with Gasteiger partial charge in [-0.2, -0.15) is 0 Å². The van der Waals surface area contributed by atoms with Crippen LogP contribution in [0.15, 0.2) is 12.1 Å². The molecule has 0 amide bonds. The molecular formula is C14H21F2N3. The zero-order valence-electron chi connectivity index (χ0n) is 11.1. The predicted octanol–water partition coefficient (Wildman–Crippen LogP) is 2.62. The van der Waals surface area contributed by atoms with Crippen LogP contribution < -0.4 is 10.6 Å². The van der Waals surface area contributed by atoms with Gasteiger partial charge in [0.2, 0.25) is 0 Å². The van der Waals surface area contributed by atoms with Gasteiger partial charge in [0.25, 0.3) is 6.43 Å². The van der Waals surface area contributed by atoms with E-state index in [1.807, 2.05) is 0 Å². The normalized spacial score (nSPS) is 14.3. The van der Waals surface area contributed by atoms with Crippen molar-refractivity contribution in [2.45, 2.75) is 38.5 Å². The van der Waals surface area contributed by atoms with E-state index in [-0.39, 0.29) is 6.54 Å². The fourth-order valence-corrected chi connectivity index (χ4v) is 2.28. The number of halogens is 2. The lowest BCUT2D eigenvalue weighted by Crippen LogP contribution is -2.22. The van der Waals surface area contributed by atoms with E-state index < -0.39 is 6.43 Å². The van der Waals surface area contributed by atoms with E-state index in [0.717, 1.165) is 43.7 Å². The number of nitrogens with zero attached hydrogens (tertiary/aromatic N) is 1. The van der Waals surface area contributed by atoms with Crippen LogP contribution in [0.1, 0.15) is 30.5 Å². The largest absolute Gasteiger partial charge is 0.370 e. The molecule has 1 aromatic rings. The number of hydrogen-bond donors (Lipinski definition) is 2. The van der Waals surface area contributed by atoms with Gasteiger partial charge >= 0.3 is 0 Å². The molecule has 3 nitrogen and oxygen atoms in total. The zero-order chi connectivity index (χ0) is 13.5. The summed E-state index contributed by atoms with van der Waals surface area (Å²) in [6.07, 6.45) is 2.80. The Morgan fingerprint density at radius 1 is 1.32 bits per heavy atom. The van der Waals surface area contributed by atoms with Gasteiger partial charge in [-0.25, -0.2) is 13.8 Å². The highest BCUT2D eigenvalue weighted by atomic mass is 19.3. The summed E-state index contributed by atoms with van der Waals surface area (Å²) in [4.78, 5) is 4.61. The third kappa shape index (κ3) is 4.74. The molecule has 2 heterocycles. The number of pyridine rings is 1. The SMILES string of the molecule is FC(F)CNCCCCc1ccc2c(n1)NCCC2. The van der Waals surface area contributed by atoms with E-state index in [1.165, 1.54) is 12.0 Å². The van der Waals surface area contributed by atoms with Crippen molar-refractivity contribution in [3.8, 4) is 0 Å². The average Bonchev–Trinajstić information content (AvgIpc) is 2.42. The van der Waals surface area contributed by atoms with Crippen LogP contribution >= 0.6 is 0 Å². The summed E-state index contributed by atoms with van der Waals surface area (Å²) in [6, 6.07) is 4.23.